The summed E-state index contributed by atoms with van der Waals surface area (Å²) in [5, 5.41) is 9.68. The molecule has 0 spiro atoms. The number of fused-ring (bicyclic) bond motifs is 1. The lowest BCUT2D eigenvalue weighted by atomic mass is 9.77. The molecule has 0 N–H and O–H groups in total. The van der Waals surface area contributed by atoms with E-state index in [1.54, 1.807) is 0 Å². The average molecular weight is 263 g/mol. The van der Waals surface area contributed by atoms with Gasteiger partial charge in [0.05, 0.1) is 10.6 Å². The van der Waals surface area contributed by atoms with Crippen molar-refractivity contribution in [3.05, 3.63) is 28.3 Å². The maximum Gasteiger partial charge on any atom is 0.101 e. The molecule has 0 fully saturated rings. The van der Waals surface area contributed by atoms with E-state index in [9.17, 15) is 0 Å². The minimum absolute atomic E-state index is 0.197. The molecule has 1 aromatic carbocycles. The highest BCUT2D eigenvalue weighted by atomic mass is 35.5. The minimum Gasteiger partial charge on any atom is -0.371 e. The second-order valence-electron chi connectivity index (χ2n) is 4.96. The van der Waals surface area contributed by atoms with Gasteiger partial charge in [0.15, 0.2) is 0 Å². The van der Waals surface area contributed by atoms with E-state index < -0.39 is 0 Å². The van der Waals surface area contributed by atoms with Crippen molar-refractivity contribution in [2.75, 3.05) is 18.0 Å². The molecular weight excluding hydrogens is 244 g/mol. The van der Waals surface area contributed by atoms with Gasteiger partial charge >= 0.3 is 0 Å². The summed E-state index contributed by atoms with van der Waals surface area (Å²) in [5.41, 5.74) is 3.29. The van der Waals surface area contributed by atoms with E-state index >= 15 is 0 Å². The van der Waals surface area contributed by atoms with Gasteiger partial charge in [0.25, 0.3) is 0 Å². The highest BCUT2D eigenvalue weighted by Crippen LogP contribution is 2.46. The molecule has 1 aromatic rings. The van der Waals surface area contributed by atoms with Crippen LogP contribution in [0.1, 0.15) is 44.7 Å². The summed E-state index contributed by atoms with van der Waals surface area (Å²) in [6, 6.07) is 6.14. The summed E-state index contributed by atoms with van der Waals surface area (Å²) in [6.07, 6.45) is 2.21. The van der Waals surface area contributed by atoms with Crippen LogP contribution < -0.4 is 4.90 Å². The van der Waals surface area contributed by atoms with Gasteiger partial charge in [0, 0.05) is 24.2 Å². The Hall–Kier alpha value is -1.20. The average Bonchev–Trinajstić information content (AvgIpc) is 2.71. The first-order valence-electron chi connectivity index (χ1n) is 6.61. The zero-order valence-electron chi connectivity index (χ0n) is 11.3. The lowest BCUT2D eigenvalue weighted by Gasteiger charge is -2.28. The quantitative estimate of drug-likeness (QED) is 0.820. The van der Waals surface area contributed by atoms with Crippen molar-refractivity contribution < 1.29 is 0 Å². The minimum atomic E-state index is 0.197. The topological polar surface area (TPSA) is 27.0 Å². The molecule has 1 aliphatic rings. The number of nitrogens with zero attached hydrogens (tertiary/aromatic N) is 2. The highest BCUT2D eigenvalue weighted by molar-refractivity contribution is 6.32. The number of hydrogen-bond acceptors (Lipinski definition) is 2. The molecule has 0 unspecified atom stereocenters. The van der Waals surface area contributed by atoms with Crippen molar-refractivity contribution in [1.82, 2.24) is 0 Å². The Bertz CT molecular complexity index is 498. The summed E-state index contributed by atoms with van der Waals surface area (Å²) >= 11 is 6.20. The van der Waals surface area contributed by atoms with Crippen molar-refractivity contribution in [2.24, 2.45) is 0 Å². The number of anilines is 1. The van der Waals surface area contributed by atoms with Crippen molar-refractivity contribution in [3.63, 3.8) is 0 Å². The van der Waals surface area contributed by atoms with Gasteiger partial charge in [-0.1, -0.05) is 25.4 Å². The van der Waals surface area contributed by atoms with Crippen LogP contribution in [0.25, 0.3) is 0 Å². The Morgan fingerprint density at radius 2 is 2.00 bits per heavy atom. The largest absolute Gasteiger partial charge is 0.371 e. The van der Waals surface area contributed by atoms with Gasteiger partial charge in [-0.05, 0) is 37.5 Å². The Morgan fingerprint density at radius 1 is 1.33 bits per heavy atom. The maximum absolute atomic E-state index is 9.10. The second kappa shape index (κ2) is 4.82. The molecule has 0 saturated carbocycles. The SMILES string of the molecule is CCN1CC(CC)(CC)c2cc(Cl)c(C#N)cc21. The van der Waals surface area contributed by atoms with Gasteiger partial charge in [-0.15, -0.1) is 0 Å². The third kappa shape index (κ3) is 1.78. The Balaban J connectivity index is 2.63. The first-order chi connectivity index (χ1) is 8.61. The number of likely N-dealkylation sites (N-methyl/N-ethyl adjacent to an activating group) is 1. The van der Waals surface area contributed by atoms with E-state index in [-0.39, 0.29) is 5.41 Å². The highest BCUT2D eigenvalue weighted by Gasteiger charge is 2.39. The third-order valence-corrected chi connectivity index (χ3v) is 4.66. The van der Waals surface area contributed by atoms with Crippen LogP contribution in [0.2, 0.25) is 5.02 Å². The molecule has 0 radical (unpaired) electrons. The summed E-state index contributed by atoms with van der Waals surface area (Å²) in [4.78, 5) is 2.36. The van der Waals surface area contributed by atoms with Crippen LogP contribution in [0.15, 0.2) is 12.1 Å². The summed E-state index contributed by atoms with van der Waals surface area (Å²) in [6.45, 7) is 8.64. The van der Waals surface area contributed by atoms with Gasteiger partial charge in [-0.2, -0.15) is 5.26 Å². The maximum atomic E-state index is 9.10. The van der Waals surface area contributed by atoms with E-state index in [1.807, 2.05) is 12.1 Å². The van der Waals surface area contributed by atoms with Crippen LogP contribution in [0.4, 0.5) is 5.69 Å². The predicted molar refractivity (Wildman–Crippen MR) is 76.3 cm³/mol. The standard InChI is InChI=1S/C15H19ClN2/c1-4-15(5-2)10-18(6-3)14-7-11(9-17)13(16)8-12(14)15/h7-8H,4-6,10H2,1-3H3. The number of hydrogen-bond donors (Lipinski definition) is 0. The number of nitriles is 1. The van der Waals surface area contributed by atoms with Gasteiger partial charge in [-0.3, -0.25) is 0 Å². The first-order valence-corrected chi connectivity index (χ1v) is 6.98. The van der Waals surface area contributed by atoms with Crippen LogP contribution in [0, 0.1) is 11.3 Å². The summed E-state index contributed by atoms with van der Waals surface area (Å²) < 4.78 is 0. The Labute approximate surface area is 114 Å². The van der Waals surface area contributed by atoms with Crippen LogP contribution in [0.3, 0.4) is 0 Å². The van der Waals surface area contributed by atoms with Gasteiger partial charge in [0.1, 0.15) is 6.07 Å². The van der Waals surface area contributed by atoms with Gasteiger partial charge in [0.2, 0.25) is 0 Å². The predicted octanol–water partition coefficient (Wildman–Crippen LogP) is 4.11. The Morgan fingerprint density at radius 3 is 2.50 bits per heavy atom. The molecule has 96 valence electrons. The number of halogens is 1. The van der Waals surface area contributed by atoms with Crippen LogP contribution in [-0.2, 0) is 5.41 Å². The fourth-order valence-electron chi connectivity index (χ4n) is 3.01. The molecule has 0 atom stereocenters. The molecule has 0 bridgehead atoms. The van der Waals surface area contributed by atoms with Crippen LogP contribution in [0.5, 0.6) is 0 Å². The van der Waals surface area contributed by atoms with Crippen LogP contribution >= 0.6 is 11.6 Å². The summed E-state index contributed by atoms with van der Waals surface area (Å²) in [5.74, 6) is 0. The fraction of sp³-hybridized carbons (Fsp3) is 0.533. The van der Waals surface area contributed by atoms with E-state index in [4.69, 9.17) is 16.9 Å². The normalized spacial score (nSPS) is 16.5. The van der Waals surface area contributed by atoms with Crippen molar-refractivity contribution in [1.29, 1.82) is 5.26 Å². The lowest BCUT2D eigenvalue weighted by Crippen LogP contribution is -2.32. The zero-order chi connectivity index (χ0) is 13.3. The molecule has 1 aliphatic heterocycles. The smallest absolute Gasteiger partial charge is 0.101 e. The number of rotatable bonds is 3. The van der Waals surface area contributed by atoms with Gasteiger partial charge in [-0.25, -0.2) is 0 Å². The molecule has 1 heterocycles. The van der Waals surface area contributed by atoms with E-state index in [2.05, 4.69) is 31.7 Å². The van der Waals surface area contributed by atoms with Crippen molar-refractivity contribution >= 4 is 17.3 Å². The Kier molecular flexibility index (Phi) is 3.54. The molecule has 3 heteroatoms. The molecular formula is C15H19ClN2. The third-order valence-electron chi connectivity index (χ3n) is 4.35. The monoisotopic (exact) mass is 262 g/mol. The molecule has 0 aliphatic carbocycles. The first kappa shape index (κ1) is 13.2. The van der Waals surface area contributed by atoms with E-state index in [0.29, 0.717) is 10.6 Å². The molecule has 0 saturated heterocycles. The van der Waals surface area contributed by atoms with Crippen molar-refractivity contribution in [2.45, 2.75) is 39.0 Å². The van der Waals surface area contributed by atoms with E-state index in [0.717, 1.165) is 25.9 Å². The fourth-order valence-corrected chi connectivity index (χ4v) is 3.21. The molecule has 18 heavy (non-hydrogen) atoms. The molecule has 0 aromatic heterocycles. The van der Waals surface area contributed by atoms with E-state index in [1.165, 1.54) is 11.3 Å². The lowest BCUT2D eigenvalue weighted by molar-refractivity contribution is 0.421. The molecule has 2 rings (SSSR count). The van der Waals surface area contributed by atoms with Crippen LogP contribution in [-0.4, -0.2) is 13.1 Å². The number of benzene rings is 1. The molecule has 0 amide bonds. The molecule has 2 nitrogen and oxygen atoms in total. The second-order valence-corrected chi connectivity index (χ2v) is 5.37. The van der Waals surface area contributed by atoms with Gasteiger partial charge < -0.3 is 4.90 Å². The zero-order valence-corrected chi connectivity index (χ0v) is 12.0. The van der Waals surface area contributed by atoms with Crippen molar-refractivity contribution in [3.8, 4) is 6.07 Å². The summed E-state index contributed by atoms with van der Waals surface area (Å²) in [7, 11) is 0.